The van der Waals surface area contributed by atoms with Crippen LogP contribution in [0, 0.1) is 12.3 Å². The van der Waals surface area contributed by atoms with Gasteiger partial charge in [0.2, 0.25) is 5.91 Å². The molecule has 174 valence electrons. The van der Waals surface area contributed by atoms with Gasteiger partial charge in [0.25, 0.3) is 0 Å². The fraction of sp³-hybridized carbons (Fsp3) is 0.292. The second-order valence-electron chi connectivity index (χ2n) is 6.58. The van der Waals surface area contributed by atoms with E-state index in [1.165, 1.54) is 6.21 Å². The van der Waals surface area contributed by atoms with E-state index in [0.717, 1.165) is 5.56 Å². The highest BCUT2D eigenvalue weighted by molar-refractivity contribution is 6.32. The molecule has 2 aromatic carbocycles. The third-order valence-electron chi connectivity index (χ3n) is 4.19. The summed E-state index contributed by atoms with van der Waals surface area (Å²) >= 11 is 6.28. The second kappa shape index (κ2) is 13.7. The molecule has 0 aromatic heterocycles. The maximum absolute atomic E-state index is 12.5. The lowest BCUT2D eigenvalue weighted by Crippen LogP contribution is -2.33. The minimum Gasteiger partial charge on any atom is -0.490 e. The van der Waals surface area contributed by atoms with Gasteiger partial charge in [-0.25, -0.2) is 10.2 Å². The smallest absolute Gasteiger partial charge is 0.407 e. The number of hydrogen-bond donors (Lipinski definition) is 2. The molecule has 0 aliphatic heterocycles. The molecule has 0 fully saturated rings. The lowest BCUT2D eigenvalue weighted by Gasteiger charge is -2.18. The van der Waals surface area contributed by atoms with Gasteiger partial charge in [-0.05, 0) is 37.1 Å². The fourth-order valence-electron chi connectivity index (χ4n) is 2.84. The molecule has 0 aliphatic rings. The molecule has 0 radical (unpaired) electrons. The number of carbonyl (C=O) groups is 2. The molecular formula is C24H26ClN3O5. The van der Waals surface area contributed by atoms with Crippen molar-refractivity contribution in [1.29, 1.82) is 0 Å². The van der Waals surface area contributed by atoms with Crippen LogP contribution < -0.4 is 20.2 Å². The van der Waals surface area contributed by atoms with Gasteiger partial charge >= 0.3 is 6.09 Å². The first-order valence-corrected chi connectivity index (χ1v) is 10.7. The van der Waals surface area contributed by atoms with Gasteiger partial charge in [-0.15, -0.1) is 6.42 Å². The van der Waals surface area contributed by atoms with E-state index < -0.39 is 18.0 Å². The number of nitrogens with zero attached hydrogens (tertiary/aromatic N) is 1. The molecule has 0 spiro atoms. The van der Waals surface area contributed by atoms with Crippen LogP contribution in [-0.4, -0.2) is 38.0 Å². The van der Waals surface area contributed by atoms with Gasteiger partial charge in [-0.2, -0.15) is 5.10 Å². The molecule has 2 N–H and O–H groups in total. The van der Waals surface area contributed by atoms with Crippen molar-refractivity contribution in [2.24, 2.45) is 5.10 Å². The van der Waals surface area contributed by atoms with Gasteiger partial charge in [0.15, 0.2) is 11.5 Å². The average molecular weight is 472 g/mol. The summed E-state index contributed by atoms with van der Waals surface area (Å²) in [6, 6.07) is 11.8. The van der Waals surface area contributed by atoms with Crippen LogP contribution in [0.25, 0.3) is 0 Å². The zero-order chi connectivity index (χ0) is 24.1. The molecule has 0 heterocycles. The maximum Gasteiger partial charge on any atom is 0.407 e. The van der Waals surface area contributed by atoms with Crippen molar-refractivity contribution >= 4 is 29.8 Å². The third-order valence-corrected chi connectivity index (χ3v) is 4.47. The Morgan fingerprint density at radius 2 is 1.94 bits per heavy atom. The summed E-state index contributed by atoms with van der Waals surface area (Å²) in [4.78, 5) is 24.3. The van der Waals surface area contributed by atoms with Crippen LogP contribution in [0.1, 0.15) is 37.4 Å². The van der Waals surface area contributed by atoms with Gasteiger partial charge in [-0.1, -0.05) is 47.9 Å². The quantitative estimate of drug-likeness (QED) is 0.292. The number of nitrogens with one attached hydrogen (secondary N) is 2. The maximum atomic E-state index is 12.5. The SMILES string of the molecule is C#CCOc1c(Cl)cc(/C=N\NC(=O)C[C@@H](NC(=O)OCC)c2ccccc2)cc1OCC. The van der Waals surface area contributed by atoms with Crippen LogP contribution in [0.5, 0.6) is 11.5 Å². The van der Waals surface area contributed by atoms with Crippen LogP contribution in [0.3, 0.4) is 0 Å². The van der Waals surface area contributed by atoms with Gasteiger partial charge < -0.3 is 19.5 Å². The number of ether oxygens (including phenoxy) is 3. The topological polar surface area (TPSA) is 98.2 Å². The van der Waals surface area contributed by atoms with Crippen molar-refractivity contribution in [2.45, 2.75) is 26.3 Å². The van der Waals surface area contributed by atoms with Crippen molar-refractivity contribution in [3.8, 4) is 23.8 Å². The standard InChI is InChI=1S/C24H26ClN3O5/c1-4-12-33-23-19(25)13-17(14-21(23)31-5-2)16-26-28-22(29)15-20(27-24(30)32-6-3)18-10-8-7-9-11-18/h1,7-11,13-14,16,20H,5-6,12,15H2,2-3H3,(H,27,30)(H,28,29)/b26-16-/t20-/m1/s1. The van der Waals surface area contributed by atoms with E-state index in [2.05, 4.69) is 21.8 Å². The molecule has 2 aromatic rings. The molecule has 2 amide bonds. The first-order valence-electron chi connectivity index (χ1n) is 10.3. The number of alkyl carbamates (subject to hydrolysis) is 1. The van der Waals surface area contributed by atoms with Crippen LogP contribution in [0.2, 0.25) is 5.02 Å². The molecule has 0 bridgehead atoms. The lowest BCUT2D eigenvalue weighted by atomic mass is 10.0. The summed E-state index contributed by atoms with van der Waals surface area (Å²) in [5.41, 5.74) is 3.80. The van der Waals surface area contributed by atoms with Crippen molar-refractivity contribution in [1.82, 2.24) is 10.7 Å². The normalized spacial score (nSPS) is 11.3. The molecule has 33 heavy (non-hydrogen) atoms. The van der Waals surface area contributed by atoms with E-state index in [1.54, 1.807) is 19.1 Å². The Hall–Kier alpha value is -3.70. The Kier molecular flexibility index (Phi) is 10.6. The van der Waals surface area contributed by atoms with Crippen LogP contribution >= 0.6 is 11.6 Å². The highest BCUT2D eigenvalue weighted by atomic mass is 35.5. The van der Waals surface area contributed by atoms with Gasteiger partial charge in [0, 0.05) is 0 Å². The van der Waals surface area contributed by atoms with Crippen molar-refractivity contribution in [3.63, 3.8) is 0 Å². The summed E-state index contributed by atoms with van der Waals surface area (Å²) in [5, 5.41) is 6.97. The van der Waals surface area contributed by atoms with E-state index in [-0.39, 0.29) is 19.6 Å². The molecule has 9 heteroatoms. The Morgan fingerprint density at radius 1 is 1.18 bits per heavy atom. The lowest BCUT2D eigenvalue weighted by molar-refractivity contribution is -0.121. The average Bonchev–Trinajstić information content (AvgIpc) is 2.79. The molecule has 0 saturated carbocycles. The molecule has 2 rings (SSSR count). The van der Waals surface area contributed by atoms with E-state index in [0.29, 0.717) is 28.7 Å². The Balaban J connectivity index is 2.07. The molecule has 0 aliphatic carbocycles. The number of hydrogen-bond acceptors (Lipinski definition) is 6. The number of hydrazone groups is 1. The number of benzene rings is 2. The van der Waals surface area contributed by atoms with E-state index in [4.69, 9.17) is 32.2 Å². The fourth-order valence-corrected chi connectivity index (χ4v) is 3.12. The number of rotatable bonds is 11. The van der Waals surface area contributed by atoms with Crippen LogP contribution in [0.15, 0.2) is 47.6 Å². The van der Waals surface area contributed by atoms with E-state index >= 15 is 0 Å². The molecule has 0 saturated heterocycles. The summed E-state index contributed by atoms with van der Waals surface area (Å²) in [5.74, 6) is 2.73. The first kappa shape index (κ1) is 25.6. The van der Waals surface area contributed by atoms with Crippen LogP contribution in [0.4, 0.5) is 4.79 Å². The molecule has 8 nitrogen and oxygen atoms in total. The van der Waals surface area contributed by atoms with E-state index in [1.807, 2.05) is 37.3 Å². The van der Waals surface area contributed by atoms with Crippen molar-refractivity contribution in [3.05, 3.63) is 58.6 Å². The highest BCUT2D eigenvalue weighted by Gasteiger charge is 2.19. The molecule has 1 atom stereocenters. The largest absolute Gasteiger partial charge is 0.490 e. The Morgan fingerprint density at radius 3 is 2.61 bits per heavy atom. The minimum absolute atomic E-state index is 0.0377. The Bertz CT molecular complexity index is 1010. The summed E-state index contributed by atoms with van der Waals surface area (Å²) in [6.45, 7) is 4.20. The first-order chi connectivity index (χ1) is 16.0. The van der Waals surface area contributed by atoms with Crippen LogP contribution in [-0.2, 0) is 9.53 Å². The summed E-state index contributed by atoms with van der Waals surface area (Å²) in [7, 11) is 0. The van der Waals surface area contributed by atoms with E-state index in [9.17, 15) is 9.59 Å². The van der Waals surface area contributed by atoms with Gasteiger partial charge in [-0.3, -0.25) is 4.79 Å². The molecular weight excluding hydrogens is 446 g/mol. The third kappa shape index (κ3) is 8.39. The summed E-state index contributed by atoms with van der Waals surface area (Å²) in [6.07, 6.45) is 6.02. The van der Waals surface area contributed by atoms with Gasteiger partial charge in [0.1, 0.15) is 6.61 Å². The predicted molar refractivity (Wildman–Crippen MR) is 127 cm³/mol. The number of halogens is 1. The minimum atomic E-state index is -0.604. The number of carbonyl (C=O) groups excluding carboxylic acids is 2. The zero-order valence-corrected chi connectivity index (χ0v) is 19.2. The predicted octanol–water partition coefficient (Wildman–Crippen LogP) is 4.08. The Labute approximate surface area is 198 Å². The zero-order valence-electron chi connectivity index (χ0n) is 18.5. The van der Waals surface area contributed by atoms with Crippen molar-refractivity contribution in [2.75, 3.05) is 19.8 Å². The molecule has 0 unspecified atom stereocenters. The number of amides is 2. The second-order valence-corrected chi connectivity index (χ2v) is 6.99. The van der Waals surface area contributed by atoms with Crippen molar-refractivity contribution < 1.29 is 23.8 Å². The monoisotopic (exact) mass is 471 g/mol. The van der Waals surface area contributed by atoms with Gasteiger partial charge in [0.05, 0.1) is 36.9 Å². The highest BCUT2D eigenvalue weighted by Crippen LogP contribution is 2.36. The summed E-state index contributed by atoms with van der Waals surface area (Å²) < 4.78 is 15.9. The number of terminal acetylenes is 1.